The molecule has 1 aliphatic carbocycles. The van der Waals surface area contributed by atoms with E-state index in [0.717, 1.165) is 10.9 Å². The average Bonchev–Trinajstić information content (AvgIpc) is 3.14. The second-order valence-corrected chi connectivity index (χ2v) is 4.68. The van der Waals surface area contributed by atoms with Gasteiger partial charge in [0.25, 0.3) is 0 Å². The van der Waals surface area contributed by atoms with Crippen LogP contribution in [0, 0.1) is 0 Å². The topological polar surface area (TPSA) is 12.9 Å². The molecule has 1 aromatic heterocycles. The van der Waals surface area contributed by atoms with Gasteiger partial charge in [-0.1, -0.05) is 23.7 Å². The Balaban J connectivity index is 2.08. The van der Waals surface area contributed by atoms with Crippen LogP contribution >= 0.6 is 11.6 Å². The molecule has 0 radical (unpaired) electrons. The summed E-state index contributed by atoms with van der Waals surface area (Å²) in [6.45, 7) is 0. The standard InChI is InChI=1S/C14H12ClN/c15-12-5-3-10(4-6-12)13-7-8-16-9-14(13)11-1-2-11/h3-9,11H,1-2H2. The van der Waals surface area contributed by atoms with Gasteiger partial charge >= 0.3 is 0 Å². The first-order valence-electron chi connectivity index (χ1n) is 5.54. The molecule has 0 bridgehead atoms. The van der Waals surface area contributed by atoms with Crippen LogP contribution in [0.25, 0.3) is 11.1 Å². The number of halogens is 1. The van der Waals surface area contributed by atoms with Crippen LogP contribution in [-0.4, -0.2) is 4.98 Å². The summed E-state index contributed by atoms with van der Waals surface area (Å²) in [7, 11) is 0. The van der Waals surface area contributed by atoms with Crippen LogP contribution in [0.2, 0.25) is 5.02 Å². The van der Waals surface area contributed by atoms with Crippen LogP contribution in [-0.2, 0) is 0 Å². The Labute approximate surface area is 100 Å². The Hall–Kier alpha value is -1.34. The highest BCUT2D eigenvalue weighted by Crippen LogP contribution is 2.43. The molecule has 0 spiro atoms. The molecule has 16 heavy (non-hydrogen) atoms. The molecule has 1 saturated carbocycles. The summed E-state index contributed by atoms with van der Waals surface area (Å²) < 4.78 is 0. The van der Waals surface area contributed by atoms with E-state index in [-0.39, 0.29) is 0 Å². The molecular formula is C14H12ClN. The highest BCUT2D eigenvalue weighted by Gasteiger charge is 2.26. The molecule has 1 aliphatic rings. The minimum atomic E-state index is 0.722. The predicted octanol–water partition coefficient (Wildman–Crippen LogP) is 4.28. The van der Waals surface area contributed by atoms with E-state index in [1.807, 2.05) is 24.5 Å². The zero-order valence-corrected chi connectivity index (χ0v) is 9.61. The van der Waals surface area contributed by atoms with Gasteiger partial charge in [0, 0.05) is 17.4 Å². The lowest BCUT2D eigenvalue weighted by molar-refractivity contribution is 1.10. The Bertz CT molecular complexity index is 500. The molecule has 0 aliphatic heterocycles. The summed E-state index contributed by atoms with van der Waals surface area (Å²) in [5, 5.41) is 0.783. The van der Waals surface area contributed by atoms with E-state index in [1.165, 1.54) is 29.5 Å². The molecule has 1 nitrogen and oxygen atoms in total. The van der Waals surface area contributed by atoms with Gasteiger partial charge in [0.05, 0.1) is 0 Å². The normalized spacial score (nSPS) is 15.1. The quantitative estimate of drug-likeness (QED) is 0.749. The van der Waals surface area contributed by atoms with E-state index < -0.39 is 0 Å². The van der Waals surface area contributed by atoms with E-state index in [4.69, 9.17) is 11.6 Å². The third kappa shape index (κ3) is 1.83. The zero-order chi connectivity index (χ0) is 11.0. The summed E-state index contributed by atoms with van der Waals surface area (Å²) in [5.41, 5.74) is 3.91. The number of aromatic nitrogens is 1. The maximum absolute atomic E-state index is 5.90. The summed E-state index contributed by atoms with van der Waals surface area (Å²) in [6.07, 6.45) is 6.45. The van der Waals surface area contributed by atoms with E-state index >= 15 is 0 Å². The molecule has 1 fully saturated rings. The van der Waals surface area contributed by atoms with Crippen molar-refractivity contribution < 1.29 is 0 Å². The predicted molar refractivity (Wildman–Crippen MR) is 66.7 cm³/mol. The molecule has 0 N–H and O–H groups in total. The monoisotopic (exact) mass is 229 g/mol. The fourth-order valence-electron chi connectivity index (χ4n) is 2.02. The molecule has 80 valence electrons. The van der Waals surface area contributed by atoms with Crippen LogP contribution < -0.4 is 0 Å². The van der Waals surface area contributed by atoms with Crippen molar-refractivity contribution in [1.29, 1.82) is 0 Å². The Kier molecular flexibility index (Phi) is 2.41. The largest absolute Gasteiger partial charge is 0.264 e. The number of pyridine rings is 1. The first-order valence-corrected chi connectivity index (χ1v) is 5.92. The molecular weight excluding hydrogens is 218 g/mol. The third-order valence-corrected chi connectivity index (χ3v) is 3.28. The first kappa shape index (κ1) is 9.86. The molecule has 0 saturated heterocycles. The fraction of sp³-hybridized carbons (Fsp3) is 0.214. The molecule has 1 aromatic carbocycles. The van der Waals surface area contributed by atoms with Crippen molar-refractivity contribution in [3.63, 3.8) is 0 Å². The second kappa shape index (κ2) is 3.91. The van der Waals surface area contributed by atoms with E-state index in [0.29, 0.717) is 0 Å². The molecule has 3 rings (SSSR count). The van der Waals surface area contributed by atoms with E-state index in [9.17, 15) is 0 Å². The van der Waals surface area contributed by atoms with Gasteiger partial charge in [-0.25, -0.2) is 0 Å². The summed E-state index contributed by atoms with van der Waals surface area (Å²) >= 11 is 5.90. The Morgan fingerprint density at radius 2 is 1.81 bits per heavy atom. The molecule has 0 amide bonds. The van der Waals surface area contributed by atoms with Crippen LogP contribution in [0.1, 0.15) is 24.3 Å². The van der Waals surface area contributed by atoms with E-state index in [2.05, 4.69) is 23.2 Å². The van der Waals surface area contributed by atoms with Gasteiger partial charge in [-0.15, -0.1) is 0 Å². The van der Waals surface area contributed by atoms with Crippen molar-refractivity contribution in [3.05, 3.63) is 53.3 Å². The molecule has 1 heterocycles. The highest BCUT2D eigenvalue weighted by atomic mass is 35.5. The van der Waals surface area contributed by atoms with Crippen LogP contribution in [0.3, 0.4) is 0 Å². The third-order valence-electron chi connectivity index (χ3n) is 3.02. The van der Waals surface area contributed by atoms with Gasteiger partial charge in [-0.2, -0.15) is 0 Å². The van der Waals surface area contributed by atoms with Crippen LogP contribution in [0.4, 0.5) is 0 Å². The number of nitrogens with zero attached hydrogens (tertiary/aromatic N) is 1. The van der Waals surface area contributed by atoms with Crippen molar-refractivity contribution in [2.24, 2.45) is 0 Å². The zero-order valence-electron chi connectivity index (χ0n) is 8.86. The van der Waals surface area contributed by atoms with Crippen molar-refractivity contribution in [3.8, 4) is 11.1 Å². The number of benzene rings is 1. The minimum Gasteiger partial charge on any atom is -0.264 e. The van der Waals surface area contributed by atoms with Gasteiger partial charge in [-0.3, -0.25) is 4.98 Å². The fourth-order valence-corrected chi connectivity index (χ4v) is 2.14. The molecule has 2 aromatic rings. The van der Waals surface area contributed by atoms with Gasteiger partial charge < -0.3 is 0 Å². The van der Waals surface area contributed by atoms with Gasteiger partial charge in [-0.05, 0) is 53.6 Å². The van der Waals surface area contributed by atoms with Crippen LogP contribution in [0.5, 0.6) is 0 Å². The summed E-state index contributed by atoms with van der Waals surface area (Å²) in [4.78, 5) is 4.22. The van der Waals surface area contributed by atoms with E-state index in [1.54, 1.807) is 0 Å². The number of hydrogen-bond acceptors (Lipinski definition) is 1. The number of hydrogen-bond donors (Lipinski definition) is 0. The van der Waals surface area contributed by atoms with Crippen LogP contribution in [0.15, 0.2) is 42.7 Å². The lowest BCUT2D eigenvalue weighted by Crippen LogP contribution is -1.88. The summed E-state index contributed by atoms with van der Waals surface area (Å²) in [6, 6.07) is 10.1. The maximum Gasteiger partial charge on any atom is 0.0406 e. The lowest BCUT2D eigenvalue weighted by atomic mass is 9.99. The van der Waals surface area contributed by atoms with Gasteiger partial charge in [0.1, 0.15) is 0 Å². The molecule has 2 heteroatoms. The molecule has 0 atom stereocenters. The molecule has 0 unspecified atom stereocenters. The van der Waals surface area contributed by atoms with Crippen molar-refractivity contribution in [2.45, 2.75) is 18.8 Å². The first-order chi connectivity index (χ1) is 7.84. The SMILES string of the molecule is Clc1ccc(-c2ccncc2C2CC2)cc1. The maximum atomic E-state index is 5.90. The van der Waals surface area contributed by atoms with Crippen molar-refractivity contribution in [1.82, 2.24) is 4.98 Å². The summed E-state index contributed by atoms with van der Waals surface area (Å²) in [5.74, 6) is 0.722. The van der Waals surface area contributed by atoms with Crippen molar-refractivity contribution >= 4 is 11.6 Å². The van der Waals surface area contributed by atoms with Crippen molar-refractivity contribution in [2.75, 3.05) is 0 Å². The lowest BCUT2D eigenvalue weighted by Gasteiger charge is -2.07. The minimum absolute atomic E-state index is 0.722. The Morgan fingerprint density at radius 1 is 1.06 bits per heavy atom. The van der Waals surface area contributed by atoms with Gasteiger partial charge in [0.2, 0.25) is 0 Å². The van der Waals surface area contributed by atoms with Gasteiger partial charge in [0.15, 0.2) is 0 Å². The average molecular weight is 230 g/mol. The number of rotatable bonds is 2. The Morgan fingerprint density at radius 3 is 2.50 bits per heavy atom. The smallest absolute Gasteiger partial charge is 0.0406 e. The highest BCUT2D eigenvalue weighted by molar-refractivity contribution is 6.30. The second-order valence-electron chi connectivity index (χ2n) is 4.24.